The van der Waals surface area contributed by atoms with Crippen molar-refractivity contribution >= 4 is 35.3 Å². The van der Waals surface area contributed by atoms with Crippen LogP contribution in [0.15, 0.2) is 29.8 Å². The number of aliphatic hydroxyl groups excluding tert-OH is 1. The third kappa shape index (κ3) is 7.41. The van der Waals surface area contributed by atoms with Crippen molar-refractivity contribution in [3.8, 4) is 0 Å². The van der Waals surface area contributed by atoms with Crippen LogP contribution >= 0.6 is 11.6 Å². The van der Waals surface area contributed by atoms with Gasteiger partial charge in [-0.05, 0) is 61.8 Å². The summed E-state index contributed by atoms with van der Waals surface area (Å²) in [6.45, 7) is 13.4. The Kier molecular flexibility index (Phi) is 9.04. The summed E-state index contributed by atoms with van der Waals surface area (Å²) in [5.41, 5.74) is 2.34. The molecule has 1 heterocycles. The fourth-order valence-corrected chi connectivity index (χ4v) is 5.23. The predicted octanol–water partition coefficient (Wildman–Crippen LogP) is 4.58. The number of allylic oxidation sites excluding steroid dienone is 1. The van der Waals surface area contributed by atoms with Crippen molar-refractivity contribution in [2.75, 3.05) is 19.7 Å². The number of benzene rings is 1. The van der Waals surface area contributed by atoms with E-state index in [-0.39, 0.29) is 23.8 Å². The van der Waals surface area contributed by atoms with E-state index in [1.165, 1.54) is 37.5 Å². The first-order valence-electron chi connectivity index (χ1n) is 13.0. The fourth-order valence-electron chi connectivity index (χ4n) is 5.11. The van der Waals surface area contributed by atoms with Crippen LogP contribution in [-0.2, 0) is 14.3 Å². The van der Waals surface area contributed by atoms with E-state index >= 15 is 0 Å². The smallest absolute Gasteiger partial charge is 0.431 e. The zero-order valence-electron chi connectivity index (χ0n) is 23.3. The summed E-state index contributed by atoms with van der Waals surface area (Å²) in [7, 11) is 0. The standard InChI is InChI=1S/C28H40ClN3O6/c1-16(2)23(30-25(35)31-28(6,7)38-26(36)37-14-17(3)33)24(34)32-13-12-20-21(22(20)27(4,5)15-32)18-8-10-19(29)11-9-18/h8-11,16-17,22-23,33H,12-15H2,1-7H3,(H2,30,31,35). The van der Waals surface area contributed by atoms with Gasteiger partial charge in [-0.1, -0.05) is 57.0 Å². The number of halogens is 1. The summed E-state index contributed by atoms with van der Waals surface area (Å²) in [4.78, 5) is 40.1. The highest BCUT2D eigenvalue weighted by Crippen LogP contribution is 2.59. The molecule has 3 amide bonds. The van der Waals surface area contributed by atoms with Crippen LogP contribution in [0.5, 0.6) is 0 Å². The number of fused-ring (bicyclic) bond motifs is 1. The van der Waals surface area contributed by atoms with Gasteiger partial charge in [0.25, 0.3) is 0 Å². The Morgan fingerprint density at radius 1 is 1.18 bits per heavy atom. The number of amides is 3. The van der Waals surface area contributed by atoms with E-state index in [4.69, 9.17) is 21.1 Å². The molecule has 1 aliphatic heterocycles. The van der Waals surface area contributed by atoms with Gasteiger partial charge in [0.05, 0.1) is 6.10 Å². The van der Waals surface area contributed by atoms with Gasteiger partial charge in [0.15, 0.2) is 5.72 Å². The molecule has 1 aliphatic carbocycles. The number of nitrogens with zero attached hydrogens (tertiary/aromatic N) is 1. The number of hydrogen-bond acceptors (Lipinski definition) is 6. The summed E-state index contributed by atoms with van der Waals surface area (Å²) >= 11 is 6.07. The van der Waals surface area contributed by atoms with E-state index < -0.39 is 30.1 Å². The maximum absolute atomic E-state index is 13.6. The highest BCUT2D eigenvalue weighted by molar-refractivity contribution is 6.30. The molecule has 0 aromatic heterocycles. The molecule has 210 valence electrons. The maximum Gasteiger partial charge on any atom is 0.510 e. The Labute approximate surface area is 229 Å². The number of likely N-dealkylation sites (tertiary alicyclic amines) is 1. The molecule has 0 radical (unpaired) electrons. The van der Waals surface area contributed by atoms with Gasteiger partial charge in [-0.2, -0.15) is 0 Å². The lowest BCUT2D eigenvalue weighted by Gasteiger charge is -2.35. The average molecular weight is 550 g/mol. The second-order valence-corrected chi connectivity index (χ2v) is 12.2. The lowest BCUT2D eigenvalue weighted by molar-refractivity contribution is -0.135. The average Bonchev–Trinajstić information content (AvgIpc) is 3.54. The molecule has 0 bridgehead atoms. The molecule has 3 atom stereocenters. The van der Waals surface area contributed by atoms with Crippen molar-refractivity contribution in [1.29, 1.82) is 0 Å². The summed E-state index contributed by atoms with van der Waals surface area (Å²) < 4.78 is 9.93. The van der Waals surface area contributed by atoms with E-state index in [1.54, 1.807) is 0 Å². The summed E-state index contributed by atoms with van der Waals surface area (Å²) in [6, 6.07) is 6.50. The van der Waals surface area contributed by atoms with Gasteiger partial charge < -0.3 is 30.1 Å². The molecule has 3 unspecified atom stereocenters. The topological polar surface area (TPSA) is 117 Å². The van der Waals surface area contributed by atoms with Crippen molar-refractivity contribution in [2.24, 2.45) is 17.3 Å². The zero-order valence-corrected chi connectivity index (χ0v) is 24.0. The van der Waals surface area contributed by atoms with Gasteiger partial charge in [0.2, 0.25) is 5.91 Å². The molecule has 3 rings (SSSR count). The molecule has 0 spiro atoms. The predicted molar refractivity (Wildman–Crippen MR) is 145 cm³/mol. The second-order valence-electron chi connectivity index (χ2n) is 11.7. The highest BCUT2D eigenvalue weighted by Gasteiger charge is 2.50. The Morgan fingerprint density at radius 3 is 2.39 bits per heavy atom. The first-order chi connectivity index (χ1) is 17.6. The van der Waals surface area contributed by atoms with Crippen LogP contribution < -0.4 is 10.6 Å². The molecule has 3 N–H and O–H groups in total. The number of carbonyl (C=O) groups excluding carboxylic acids is 3. The van der Waals surface area contributed by atoms with Gasteiger partial charge >= 0.3 is 12.2 Å². The quantitative estimate of drug-likeness (QED) is 0.323. The summed E-state index contributed by atoms with van der Waals surface area (Å²) in [5.74, 6) is -0.00646. The highest BCUT2D eigenvalue weighted by atomic mass is 35.5. The molecule has 1 saturated heterocycles. The lowest BCUT2D eigenvalue weighted by atomic mass is 9.82. The summed E-state index contributed by atoms with van der Waals surface area (Å²) in [6.07, 6.45) is -1.08. The van der Waals surface area contributed by atoms with Crippen LogP contribution in [-0.4, -0.2) is 65.7 Å². The third-order valence-electron chi connectivity index (χ3n) is 6.81. The molecule has 10 heteroatoms. The van der Waals surface area contributed by atoms with Gasteiger partial charge in [-0.15, -0.1) is 0 Å². The third-order valence-corrected chi connectivity index (χ3v) is 7.06. The Bertz CT molecular complexity index is 1080. The number of carbonyl (C=O) groups is 3. The minimum atomic E-state index is -1.40. The fraction of sp³-hybridized carbons (Fsp3) is 0.607. The van der Waals surface area contributed by atoms with E-state index in [1.807, 2.05) is 43.0 Å². The van der Waals surface area contributed by atoms with E-state index in [0.717, 1.165) is 6.42 Å². The minimum absolute atomic E-state index is 0.145. The van der Waals surface area contributed by atoms with Gasteiger partial charge in [-0.25, -0.2) is 9.59 Å². The molecule has 38 heavy (non-hydrogen) atoms. The van der Waals surface area contributed by atoms with E-state index in [2.05, 4.69) is 24.5 Å². The van der Waals surface area contributed by atoms with Crippen LogP contribution in [0, 0.1) is 17.3 Å². The maximum atomic E-state index is 13.6. The largest absolute Gasteiger partial charge is 0.510 e. The molecule has 2 aliphatic rings. The molecule has 9 nitrogen and oxygen atoms in total. The number of hydrogen-bond donors (Lipinski definition) is 3. The van der Waals surface area contributed by atoms with E-state index in [9.17, 15) is 19.5 Å². The van der Waals surface area contributed by atoms with Crippen molar-refractivity contribution in [3.63, 3.8) is 0 Å². The zero-order chi connectivity index (χ0) is 28.4. The SMILES string of the molecule is CC(O)COC(=O)OC(C)(C)NC(=O)NC(C(=O)N1CCC2=C(c3ccc(Cl)cc3)C2C(C)(C)C1)C(C)C. The van der Waals surface area contributed by atoms with Gasteiger partial charge in [0.1, 0.15) is 12.6 Å². The molecular formula is C28H40ClN3O6. The number of aliphatic hydroxyl groups is 1. The molecule has 0 saturated carbocycles. The minimum Gasteiger partial charge on any atom is -0.431 e. The van der Waals surface area contributed by atoms with Crippen LogP contribution in [0.25, 0.3) is 5.57 Å². The second kappa shape index (κ2) is 11.5. The van der Waals surface area contributed by atoms with Crippen LogP contribution in [0.3, 0.4) is 0 Å². The molecular weight excluding hydrogens is 510 g/mol. The van der Waals surface area contributed by atoms with Crippen molar-refractivity contribution < 1.29 is 29.0 Å². The normalized spacial score (nSPS) is 20.2. The number of rotatable bonds is 8. The van der Waals surface area contributed by atoms with Crippen LogP contribution in [0.2, 0.25) is 5.02 Å². The Morgan fingerprint density at radius 2 is 1.82 bits per heavy atom. The van der Waals surface area contributed by atoms with Crippen LogP contribution in [0.4, 0.5) is 9.59 Å². The van der Waals surface area contributed by atoms with Crippen molar-refractivity contribution in [3.05, 3.63) is 40.4 Å². The Balaban J connectivity index is 1.64. The van der Waals surface area contributed by atoms with Crippen LogP contribution in [0.1, 0.15) is 60.5 Å². The van der Waals surface area contributed by atoms with Gasteiger partial charge in [-0.3, -0.25) is 4.79 Å². The number of nitrogens with one attached hydrogen (secondary N) is 2. The lowest BCUT2D eigenvalue weighted by Crippen LogP contribution is -2.58. The number of ether oxygens (including phenoxy) is 2. The van der Waals surface area contributed by atoms with Crippen molar-refractivity contribution in [1.82, 2.24) is 15.5 Å². The van der Waals surface area contributed by atoms with Crippen molar-refractivity contribution in [2.45, 2.75) is 72.8 Å². The van der Waals surface area contributed by atoms with Gasteiger partial charge in [0, 0.05) is 24.0 Å². The first-order valence-corrected chi connectivity index (χ1v) is 13.4. The van der Waals surface area contributed by atoms with E-state index in [0.29, 0.717) is 24.0 Å². The monoisotopic (exact) mass is 549 g/mol. The molecule has 1 aromatic carbocycles. The Hall–Kier alpha value is -2.78. The first kappa shape index (κ1) is 29.8. The molecule has 1 aromatic rings. The molecule has 1 fully saturated rings. The number of urea groups is 1. The summed E-state index contributed by atoms with van der Waals surface area (Å²) in [5, 5.41) is 15.3.